The molecule has 4 aromatic rings. The summed E-state index contributed by atoms with van der Waals surface area (Å²) in [5, 5.41) is 0. The topological polar surface area (TPSA) is 36.3 Å². The molecule has 1 saturated heterocycles. The van der Waals surface area contributed by atoms with Crippen molar-refractivity contribution in [1.29, 1.82) is 0 Å². The van der Waals surface area contributed by atoms with Crippen LogP contribution in [-0.2, 0) is 16.0 Å². The predicted molar refractivity (Wildman–Crippen MR) is 139 cm³/mol. The lowest BCUT2D eigenvalue weighted by Gasteiger charge is -2.42. The molecular formula is C31H32N2O2. The third kappa shape index (κ3) is 4.56. The number of aromatic nitrogens is 2. The van der Waals surface area contributed by atoms with Crippen LogP contribution in [0.1, 0.15) is 49.8 Å². The second-order valence-electron chi connectivity index (χ2n) is 9.99. The molecule has 4 heteroatoms. The fraction of sp³-hybridized carbons (Fsp3) is 0.323. The van der Waals surface area contributed by atoms with Gasteiger partial charge in [-0.2, -0.15) is 0 Å². The first-order valence-corrected chi connectivity index (χ1v) is 12.8. The van der Waals surface area contributed by atoms with Gasteiger partial charge in [0.15, 0.2) is 5.82 Å². The molecule has 0 unspecified atom stereocenters. The maximum Gasteiger partial charge on any atom is 0.217 e. The second kappa shape index (κ2) is 9.80. The maximum absolute atomic E-state index is 6.47. The van der Waals surface area contributed by atoms with Gasteiger partial charge in [0.2, 0.25) is 6.29 Å². The molecular weight excluding hydrogens is 432 g/mol. The smallest absolute Gasteiger partial charge is 0.217 e. The average molecular weight is 465 g/mol. The molecule has 3 aromatic carbocycles. The normalized spacial score (nSPS) is 18.1. The summed E-state index contributed by atoms with van der Waals surface area (Å²) in [6, 6.07) is 31.6. The van der Waals surface area contributed by atoms with Crippen molar-refractivity contribution < 1.29 is 9.47 Å². The minimum atomic E-state index is -0.466. The summed E-state index contributed by atoms with van der Waals surface area (Å²) in [4.78, 5) is 5.22. The summed E-state index contributed by atoms with van der Waals surface area (Å²) < 4.78 is 15.2. The van der Waals surface area contributed by atoms with Gasteiger partial charge in [-0.25, -0.2) is 4.98 Å². The van der Waals surface area contributed by atoms with Crippen molar-refractivity contribution in [3.05, 3.63) is 102 Å². The Hall–Kier alpha value is -3.21. The van der Waals surface area contributed by atoms with Gasteiger partial charge in [-0.3, -0.25) is 0 Å². The van der Waals surface area contributed by atoms with Gasteiger partial charge in [-0.15, -0.1) is 0 Å². The molecule has 1 aliphatic carbocycles. The van der Waals surface area contributed by atoms with Crippen LogP contribution in [0.3, 0.4) is 0 Å². The molecule has 6 rings (SSSR count). The van der Waals surface area contributed by atoms with Gasteiger partial charge in [-0.1, -0.05) is 110 Å². The van der Waals surface area contributed by atoms with Crippen molar-refractivity contribution in [3.63, 3.8) is 0 Å². The summed E-state index contributed by atoms with van der Waals surface area (Å²) in [5.41, 5.74) is 5.70. The quantitative estimate of drug-likeness (QED) is 0.312. The van der Waals surface area contributed by atoms with E-state index in [0.717, 1.165) is 41.6 Å². The molecule has 2 fully saturated rings. The first-order valence-electron chi connectivity index (χ1n) is 12.8. The molecule has 2 aliphatic rings. The molecule has 1 aromatic heterocycles. The minimum Gasteiger partial charge on any atom is -0.345 e. The van der Waals surface area contributed by atoms with Crippen LogP contribution in [0.15, 0.2) is 91.0 Å². The van der Waals surface area contributed by atoms with Gasteiger partial charge in [0, 0.05) is 23.1 Å². The van der Waals surface area contributed by atoms with Crippen LogP contribution in [0.2, 0.25) is 0 Å². The lowest BCUT2D eigenvalue weighted by Crippen LogP contribution is -2.40. The molecule has 4 nitrogen and oxygen atoms in total. The van der Waals surface area contributed by atoms with Gasteiger partial charge in [-0.05, 0) is 18.4 Å². The highest BCUT2D eigenvalue weighted by atomic mass is 16.7. The Balaban J connectivity index is 1.45. The van der Waals surface area contributed by atoms with Gasteiger partial charge >= 0.3 is 0 Å². The third-order valence-corrected chi connectivity index (χ3v) is 7.48. The summed E-state index contributed by atoms with van der Waals surface area (Å²) in [6.07, 6.45) is 5.80. The highest BCUT2D eigenvalue weighted by molar-refractivity contribution is 5.79. The van der Waals surface area contributed by atoms with Crippen molar-refractivity contribution in [3.8, 4) is 22.5 Å². The Morgan fingerprint density at radius 2 is 1.29 bits per heavy atom. The van der Waals surface area contributed by atoms with Crippen molar-refractivity contribution in [1.82, 2.24) is 9.55 Å². The number of imidazole rings is 1. The monoisotopic (exact) mass is 464 g/mol. The lowest BCUT2D eigenvalue weighted by atomic mass is 9.75. The molecule has 2 heterocycles. The van der Waals surface area contributed by atoms with Crippen LogP contribution >= 0.6 is 0 Å². The van der Waals surface area contributed by atoms with E-state index < -0.39 is 6.29 Å². The Morgan fingerprint density at radius 3 is 1.91 bits per heavy atom. The SMILES string of the molecule is c1ccc(Cn2c(C3OCC4(CCCCC4)CO3)nc(-c3ccccc3)c2-c2ccccc2)cc1. The van der Waals surface area contributed by atoms with Crippen molar-refractivity contribution in [2.75, 3.05) is 13.2 Å². The number of hydrogen-bond donors (Lipinski definition) is 0. The number of ether oxygens (including phenoxy) is 2. The van der Waals surface area contributed by atoms with Crippen LogP contribution in [-0.4, -0.2) is 22.8 Å². The van der Waals surface area contributed by atoms with E-state index in [1.54, 1.807) is 0 Å². The van der Waals surface area contributed by atoms with Crippen LogP contribution in [0.4, 0.5) is 0 Å². The Bertz CT molecular complexity index is 1240. The van der Waals surface area contributed by atoms with Gasteiger partial charge in [0.05, 0.1) is 24.6 Å². The Morgan fingerprint density at radius 1 is 0.714 bits per heavy atom. The first-order chi connectivity index (χ1) is 17.3. The zero-order valence-corrected chi connectivity index (χ0v) is 20.1. The zero-order chi connectivity index (χ0) is 23.5. The molecule has 35 heavy (non-hydrogen) atoms. The van der Waals surface area contributed by atoms with E-state index in [2.05, 4.69) is 89.5 Å². The van der Waals surface area contributed by atoms with Crippen molar-refractivity contribution in [2.45, 2.75) is 44.9 Å². The van der Waals surface area contributed by atoms with Crippen molar-refractivity contribution >= 4 is 0 Å². The minimum absolute atomic E-state index is 0.177. The molecule has 1 saturated carbocycles. The largest absolute Gasteiger partial charge is 0.345 e. The van der Waals surface area contributed by atoms with E-state index in [9.17, 15) is 0 Å². The van der Waals surface area contributed by atoms with E-state index in [4.69, 9.17) is 14.5 Å². The van der Waals surface area contributed by atoms with Gasteiger partial charge in [0.1, 0.15) is 0 Å². The maximum atomic E-state index is 6.47. The molecule has 0 N–H and O–H groups in total. The molecule has 0 amide bonds. The number of hydrogen-bond acceptors (Lipinski definition) is 3. The zero-order valence-electron chi connectivity index (χ0n) is 20.1. The molecule has 0 radical (unpaired) electrons. The number of rotatable bonds is 5. The Kier molecular flexibility index (Phi) is 6.24. The summed E-state index contributed by atoms with van der Waals surface area (Å²) >= 11 is 0. The van der Waals surface area contributed by atoms with Crippen LogP contribution in [0, 0.1) is 5.41 Å². The van der Waals surface area contributed by atoms with Crippen molar-refractivity contribution in [2.24, 2.45) is 5.41 Å². The molecule has 1 spiro atoms. The highest BCUT2D eigenvalue weighted by Crippen LogP contribution is 2.43. The highest BCUT2D eigenvalue weighted by Gasteiger charge is 2.40. The van der Waals surface area contributed by atoms with Gasteiger partial charge in [0.25, 0.3) is 0 Å². The fourth-order valence-electron chi connectivity index (χ4n) is 5.60. The lowest BCUT2D eigenvalue weighted by molar-refractivity contribution is -0.244. The van der Waals surface area contributed by atoms with E-state index >= 15 is 0 Å². The van der Waals surface area contributed by atoms with E-state index in [-0.39, 0.29) is 5.41 Å². The number of nitrogens with zero attached hydrogens (tertiary/aromatic N) is 2. The first kappa shape index (κ1) is 22.3. The van der Waals surface area contributed by atoms with Crippen LogP contribution in [0.5, 0.6) is 0 Å². The Labute approximate surface area is 207 Å². The molecule has 1 aliphatic heterocycles. The molecule has 178 valence electrons. The number of benzene rings is 3. The fourth-order valence-corrected chi connectivity index (χ4v) is 5.60. The average Bonchev–Trinajstić information content (AvgIpc) is 3.30. The summed E-state index contributed by atoms with van der Waals surface area (Å²) in [7, 11) is 0. The summed E-state index contributed by atoms with van der Waals surface area (Å²) in [5.74, 6) is 0.845. The van der Waals surface area contributed by atoms with Crippen LogP contribution < -0.4 is 0 Å². The van der Waals surface area contributed by atoms with Crippen LogP contribution in [0.25, 0.3) is 22.5 Å². The molecule has 0 atom stereocenters. The standard InChI is InChI=1S/C31H32N2O2/c1-5-13-24(14-6-1)21-33-28(26-17-9-3-10-18-26)27(25-15-7-2-8-16-25)32-29(33)30-34-22-31(23-35-30)19-11-4-12-20-31/h1-3,5-10,13-18,30H,4,11-12,19-23H2. The second-order valence-corrected chi connectivity index (χ2v) is 9.99. The summed E-state index contributed by atoms with van der Waals surface area (Å²) in [6.45, 7) is 2.20. The van der Waals surface area contributed by atoms with E-state index in [1.165, 1.54) is 37.7 Å². The molecule has 0 bridgehead atoms. The van der Waals surface area contributed by atoms with E-state index in [1.807, 2.05) is 6.07 Å². The van der Waals surface area contributed by atoms with E-state index in [0.29, 0.717) is 6.54 Å². The third-order valence-electron chi connectivity index (χ3n) is 7.48. The van der Waals surface area contributed by atoms with Gasteiger partial charge < -0.3 is 14.0 Å². The predicted octanol–water partition coefficient (Wildman–Crippen LogP) is 7.26.